The van der Waals surface area contributed by atoms with Gasteiger partial charge in [-0.3, -0.25) is 4.79 Å². The molecule has 1 aromatic carbocycles. The van der Waals surface area contributed by atoms with Gasteiger partial charge in [-0.2, -0.15) is 18.4 Å². The van der Waals surface area contributed by atoms with Crippen LogP contribution in [0, 0.1) is 11.3 Å². The van der Waals surface area contributed by atoms with E-state index >= 15 is 0 Å². The SMILES string of the molecule is N#Cc1cccc(NC(=O)/C=C(\N)C(F)(F)F)c1. The van der Waals surface area contributed by atoms with E-state index in [9.17, 15) is 18.0 Å². The highest BCUT2D eigenvalue weighted by atomic mass is 19.4. The maximum absolute atomic E-state index is 12.1. The molecule has 0 aliphatic carbocycles. The summed E-state index contributed by atoms with van der Waals surface area (Å²) in [6.07, 6.45) is -4.50. The molecule has 0 radical (unpaired) electrons. The van der Waals surface area contributed by atoms with Crippen LogP contribution in [0.3, 0.4) is 0 Å². The highest BCUT2D eigenvalue weighted by molar-refractivity contribution is 5.99. The molecular formula is C11H8F3N3O. The zero-order chi connectivity index (χ0) is 13.8. The third-order valence-corrected chi connectivity index (χ3v) is 1.87. The average molecular weight is 255 g/mol. The van der Waals surface area contributed by atoms with Crippen LogP contribution in [0.2, 0.25) is 0 Å². The number of benzene rings is 1. The fraction of sp³-hybridized carbons (Fsp3) is 0.0909. The molecule has 0 heterocycles. The Balaban J connectivity index is 2.80. The lowest BCUT2D eigenvalue weighted by Gasteiger charge is -2.06. The molecule has 0 atom stereocenters. The fourth-order valence-corrected chi connectivity index (χ4v) is 1.07. The Morgan fingerprint density at radius 3 is 2.67 bits per heavy atom. The highest BCUT2D eigenvalue weighted by Crippen LogP contribution is 2.21. The number of nitrogens with zero attached hydrogens (tertiary/aromatic N) is 1. The van der Waals surface area contributed by atoms with E-state index in [0.29, 0.717) is 0 Å². The summed E-state index contributed by atoms with van der Waals surface area (Å²) in [6, 6.07) is 7.59. The number of hydrogen-bond donors (Lipinski definition) is 2. The van der Waals surface area contributed by atoms with E-state index in [1.807, 2.05) is 6.07 Å². The van der Waals surface area contributed by atoms with Gasteiger partial charge in [0.2, 0.25) is 5.91 Å². The van der Waals surface area contributed by atoms with Gasteiger partial charge in [0.05, 0.1) is 11.6 Å². The van der Waals surface area contributed by atoms with Gasteiger partial charge in [-0.1, -0.05) is 6.07 Å². The van der Waals surface area contributed by atoms with Crippen molar-refractivity contribution < 1.29 is 18.0 Å². The smallest absolute Gasteiger partial charge is 0.395 e. The van der Waals surface area contributed by atoms with Crippen LogP contribution in [0.25, 0.3) is 0 Å². The first-order valence-electron chi connectivity index (χ1n) is 4.68. The number of carbonyl (C=O) groups excluding carboxylic acids is 1. The summed E-state index contributed by atoms with van der Waals surface area (Å²) in [5.74, 6) is -1.01. The lowest BCUT2D eigenvalue weighted by atomic mass is 10.2. The Labute approximate surface area is 101 Å². The van der Waals surface area contributed by atoms with Crippen LogP contribution in [0.4, 0.5) is 18.9 Å². The van der Waals surface area contributed by atoms with Crippen LogP contribution in [-0.4, -0.2) is 12.1 Å². The maximum atomic E-state index is 12.1. The monoisotopic (exact) mass is 255 g/mol. The minimum Gasteiger partial charge on any atom is -0.395 e. The largest absolute Gasteiger partial charge is 0.430 e. The van der Waals surface area contributed by atoms with Crippen molar-refractivity contribution >= 4 is 11.6 Å². The molecule has 0 aromatic heterocycles. The number of nitriles is 1. The molecule has 0 unspecified atom stereocenters. The Morgan fingerprint density at radius 2 is 2.11 bits per heavy atom. The molecule has 0 bridgehead atoms. The van der Waals surface area contributed by atoms with Gasteiger partial charge < -0.3 is 11.1 Å². The summed E-state index contributed by atoms with van der Waals surface area (Å²) < 4.78 is 36.2. The van der Waals surface area contributed by atoms with Crippen LogP contribution >= 0.6 is 0 Å². The first-order chi connectivity index (χ1) is 8.32. The fourth-order valence-electron chi connectivity index (χ4n) is 1.07. The van der Waals surface area contributed by atoms with Crippen molar-refractivity contribution in [2.45, 2.75) is 6.18 Å². The van der Waals surface area contributed by atoms with Crippen molar-refractivity contribution in [2.75, 3.05) is 5.32 Å². The lowest BCUT2D eigenvalue weighted by Crippen LogP contribution is -2.22. The molecule has 0 aliphatic rings. The minimum absolute atomic E-state index is 0.213. The molecule has 7 heteroatoms. The number of nitrogens with two attached hydrogens (primary N) is 1. The van der Waals surface area contributed by atoms with Gasteiger partial charge in [0.1, 0.15) is 5.70 Å². The summed E-state index contributed by atoms with van der Waals surface area (Å²) in [5, 5.41) is 10.8. The van der Waals surface area contributed by atoms with E-state index in [2.05, 4.69) is 11.1 Å². The Morgan fingerprint density at radius 1 is 1.44 bits per heavy atom. The number of allylic oxidation sites excluding steroid dienone is 1. The Bertz CT molecular complexity index is 529. The molecule has 0 spiro atoms. The summed E-state index contributed by atoms with van der Waals surface area (Å²) in [5.41, 5.74) is 3.69. The zero-order valence-corrected chi connectivity index (χ0v) is 8.95. The number of nitrogens with one attached hydrogen (secondary N) is 1. The number of halogens is 3. The summed E-state index contributed by atoms with van der Waals surface area (Å²) in [6.45, 7) is 0. The number of carbonyl (C=O) groups is 1. The first-order valence-corrected chi connectivity index (χ1v) is 4.68. The third-order valence-electron chi connectivity index (χ3n) is 1.87. The van der Waals surface area contributed by atoms with E-state index < -0.39 is 17.8 Å². The second-order valence-electron chi connectivity index (χ2n) is 3.28. The molecular weight excluding hydrogens is 247 g/mol. The zero-order valence-electron chi connectivity index (χ0n) is 8.95. The Hall–Kier alpha value is -2.49. The van der Waals surface area contributed by atoms with E-state index in [0.717, 1.165) is 0 Å². The standard InChI is InChI=1S/C11H8F3N3O/c12-11(13,14)9(16)5-10(18)17-8-3-1-2-7(4-8)6-15/h1-5H,16H2,(H,17,18)/b9-5-. The molecule has 3 N–H and O–H groups in total. The summed E-state index contributed by atoms with van der Waals surface area (Å²) in [7, 11) is 0. The van der Waals surface area contributed by atoms with Crippen molar-refractivity contribution in [1.82, 2.24) is 0 Å². The van der Waals surface area contributed by atoms with Crippen LogP contribution in [-0.2, 0) is 4.79 Å². The molecule has 0 saturated heterocycles. The molecule has 18 heavy (non-hydrogen) atoms. The van der Waals surface area contributed by atoms with Gasteiger partial charge in [0, 0.05) is 11.8 Å². The molecule has 1 aromatic rings. The maximum Gasteiger partial charge on any atom is 0.430 e. The van der Waals surface area contributed by atoms with Crippen molar-refractivity contribution in [1.29, 1.82) is 5.26 Å². The van der Waals surface area contributed by atoms with Gasteiger partial charge in [0.25, 0.3) is 0 Å². The topological polar surface area (TPSA) is 78.9 Å². The number of amides is 1. The van der Waals surface area contributed by atoms with Crippen molar-refractivity contribution in [2.24, 2.45) is 5.73 Å². The van der Waals surface area contributed by atoms with Gasteiger partial charge in [-0.25, -0.2) is 0 Å². The third kappa shape index (κ3) is 3.83. The quantitative estimate of drug-likeness (QED) is 0.792. The van der Waals surface area contributed by atoms with Crippen LogP contribution < -0.4 is 11.1 Å². The van der Waals surface area contributed by atoms with Crippen LogP contribution in [0.5, 0.6) is 0 Å². The molecule has 0 fully saturated rings. The normalized spacial score (nSPS) is 11.8. The molecule has 1 amide bonds. The minimum atomic E-state index is -4.74. The van der Waals surface area contributed by atoms with Gasteiger partial charge in [-0.05, 0) is 18.2 Å². The van der Waals surface area contributed by atoms with Gasteiger partial charge >= 0.3 is 6.18 Å². The first kappa shape index (κ1) is 13.6. The van der Waals surface area contributed by atoms with E-state index in [1.54, 1.807) is 0 Å². The second-order valence-corrected chi connectivity index (χ2v) is 3.28. The number of alkyl halides is 3. The molecule has 0 aliphatic heterocycles. The van der Waals surface area contributed by atoms with E-state index in [4.69, 9.17) is 5.26 Å². The molecule has 1 rings (SSSR count). The predicted molar refractivity (Wildman–Crippen MR) is 58.1 cm³/mol. The van der Waals surface area contributed by atoms with Crippen molar-refractivity contribution in [3.05, 3.63) is 41.6 Å². The number of rotatable bonds is 2. The Kier molecular flexibility index (Phi) is 3.94. The highest BCUT2D eigenvalue weighted by Gasteiger charge is 2.31. The summed E-state index contributed by atoms with van der Waals surface area (Å²) >= 11 is 0. The number of hydrogen-bond acceptors (Lipinski definition) is 3. The summed E-state index contributed by atoms with van der Waals surface area (Å²) in [4.78, 5) is 11.2. The van der Waals surface area contributed by atoms with Gasteiger partial charge in [-0.15, -0.1) is 0 Å². The predicted octanol–water partition coefficient (Wildman–Crippen LogP) is 1.90. The van der Waals surface area contributed by atoms with Crippen LogP contribution in [0.15, 0.2) is 36.0 Å². The second kappa shape index (κ2) is 5.23. The lowest BCUT2D eigenvalue weighted by molar-refractivity contribution is -0.113. The van der Waals surface area contributed by atoms with Crippen molar-refractivity contribution in [3.63, 3.8) is 0 Å². The van der Waals surface area contributed by atoms with Crippen LogP contribution in [0.1, 0.15) is 5.56 Å². The molecule has 94 valence electrons. The number of anilines is 1. The molecule has 0 saturated carbocycles. The van der Waals surface area contributed by atoms with Crippen molar-refractivity contribution in [3.8, 4) is 6.07 Å². The van der Waals surface area contributed by atoms with Gasteiger partial charge in [0.15, 0.2) is 0 Å². The van der Waals surface area contributed by atoms with E-state index in [-0.39, 0.29) is 17.3 Å². The van der Waals surface area contributed by atoms with E-state index in [1.165, 1.54) is 24.3 Å². The molecule has 4 nitrogen and oxygen atoms in total. The average Bonchev–Trinajstić information content (AvgIpc) is 2.27.